The monoisotopic (exact) mass is 304 g/mol. The van der Waals surface area contributed by atoms with Crippen LogP contribution < -0.4 is 5.32 Å². The summed E-state index contributed by atoms with van der Waals surface area (Å²) in [6.07, 6.45) is 3.13. The Morgan fingerprint density at radius 1 is 1.39 bits per heavy atom. The molecule has 2 aromatic rings. The Morgan fingerprint density at radius 2 is 2.17 bits per heavy atom. The second kappa shape index (κ2) is 4.32. The molecule has 1 aliphatic rings. The van der Waals surface area contributed by atoms with Gasteiger partial charge >= 0.3 is 0 Å². The van der Waals surface area contributed by atoms with Crippen molar-refractivity contribution in [1.82, 2.24) is 10.3 Å². The predicted molar refractivity (Wildman–Crippen MR) is 78.5 cm³/mol. The van der Waals surface area contributed by atoms with Crippen molar-refractivity contribution in [1.29, 1.82) is 0 Å². The van der Waals surface area contributed by atoms with Crippen LogP contribution >= 0.6 is 15.9 Å². The van der Waals surface area contributed by atoms with Gasteiger partial charge in [-0.25, -0.2) is 0 Å². The first kappa shape index (κ1) is 12.1. The van der Waals surface area contributed by atoms with Gasteiger partial charge in [0, 0.05) is 28.6 Å². The van der Waals surface area contributed by atoms with Gasteiger partial charge in [0.15, 0.2) is 0 Å². The minimum absolute atomic E-state index is 0.471. The van der Waals surface area contributed by atoms with Gasteiger partial charge in [0.25, 0.3) is 0 Å². The van der Waals surface area contributed by atoms with Crippen LogP contribution in [0.4, 0.5) is 0 Å². The van der Waals surface area contributed by atoms with Crippen molar-refractivity contribution in [2.75, 3.05) is 0 Å². The summed E-state index contributed by atoms with van der Waals surface area (Å²) in [6, 6.07) is 9.01. The normalized spacial score (nSPS) is 21.2. The molecule has 0 spiro atoms. The van der Waals surface area contributed by atoms with Gasteiger partial charge in [-0.1, -0.05) is 41.9 Å². The Hall–Kier alpha value is -0.930. The van der Waals surface area contributed by atoms with Crippen LogP contribution in [0.1, 0.15) is 25.8 Å². The van der Waals surface area contributed by atoms with E-state index in [1.54, 1.807) is 0 Å². The predicted octanol–water partition coefficient (Wildman–Crippen LogP) is 3.89. The Kier molecular flexibility index (Phi) is 2.91. The lowest BCUT2D eigenvalue weighted by Crippen LogP contribution is -2.20. The van der Waals surface area contributed by atoms with Gasteiger partial charge in [-0.05, 0) is 29.5 Å². The van der Waals surface area contributed by atoms with Crippen molar-refractivity contribution in [2.24, 2.45) is 5.41 Å². The van der Waals surface area contributed by atoms with Gasteiger partial charge in [-0.3, -0.25) is 4.98 Å². The van der Waals surface area contributed by atoms with Crippen molar-refractivity contribution < 1.29 is 0 Å². The Balaban J connectivity index is 1.86. The lowest BCUT2D eigenvalue weighted by Gasteiger charge is -2.09. The van der Waals surface area contributed by atoms with E-state index in [2.05, 4.69) is 58.3 Å². The summed E-state index contributed by atoms with van der Waals surface area (Å²) in [4.78, 5) is 4.51. The standard InChI is InChI=1S/C15H17BrN2/c1-15(2)8-13(15)18-9-10-5-6-12(16)11-4-3-7-17-14(10)11/h3-7,13,18H,8-9H2,1-2H3. The average Bonchev–Trinajstić information content (AvgIpc) is 2.97. The molecule has 1 fully saturated rings. The number of halogens is 1. The summed E-state index contributed by atoms with van der Waals surface area (Å²) >= 11 is 3.58. The maximum Gasteiger partial charge on any atom is 0.0758 e. The Labute approximate surface area is 116 Å². The largest absolute Gasteiger partial charge is 0.309 e. The van der Waals surface area contributed by atoms with Gasteiger partial charge in [0.05, 0.1) is 5.52 Å². The van der Waals surface area contributed by atoms with Crippen LogP contribution in [0.5, 0.6) is 0 Å². The van der Waals surface area contributed by atoms with Crippen LogP contribution in [0.2, 0.25) is 0 Å². The first-order valence-corrected chi connectivity index (χ1v) is 7.13. The summed E-state index contributed by atoms with van der Waals surface area (Å²) in [5.74, 6) is 0. The quantitative estimate of drug-likeness (QED) is 0.930. The molecule has 1 aromatic carbocycles. The highest BCUT2D eigenvalue weighted by Gasteiger charge is 2.45. The van der Waals surface area contributed by atoms with Gasteiger partial charge in [0.2, 0.25) is 0 Å². The average molecular weight is 305 g/mol. The second-order valence-electron chi connectivity index (χ2n) is 5.73. The van der Waals surface area contributed by atoms with Crippen molar-refractivity contribution in [2.45, 2.75) is 32.9 Å². The molecule has 0 radical (unpaired) electrons. The lowest BCUT2D eigenvalue weighted by atomic mass is 10.1. The fourth-order valence-corrected chi connectivity index (χ4v) is 2.84. The molecule has 0 bridgehead atoms. The second-order valence-corrected chi connectivity index (χ2v) is 6.59. The number of benzene rings is 1. The van der Waals surface area contributed by atoms with Gasteiger partial charge in [-0.15, -0.1) is 0 Å². The van der Waals surface area contributed by atoms with E-state index in [0.717, 1.165) is 16.5 Å². The molecule has 18 heavy (non-hydrogen) atoms. The van der Waals surface area contributed by atoms with E-state index in [1.807, 2.05) is 12.3 Å². The van der Waals surface area contributed by atoms with Crippen molar-refractivity contribution in [3.05, 3.63) is 40.5 Å². The maximum absolute atomic E-state index is 4.51. The maximum atomic E-state index is 4.51. The number of fused-ring (bicyclic) bond motifs is 1. The van der Waals surface area contributed by atoms with Crippen molar-refractivity contribution in [3.8, 4) is 0 Å². The zero-order valence-electron chi connectivity index (χ0n) is 10.7. The van der Waals surface area contributed by atoms with E-state index in [1.165, 1.54) is 17.4 Å². The fourth-order valence-electron chi connectivity index (χ4n) is 2.39. The van der Waals surface area contributed by atoms with E-state index >= 15 is 0 Å². The molecule has 1 heterocycles. The zero-order valence-corrected chi connectivity index (χ0v) is 12.3. The number of nitrogens with one attached hydrogen (secondary N) is 1. The van der Waals surface area contributed by atoms with Crippen molar-refractivity contribution >= 4 is 26.8 Å². The summed E-state index contributed by atoms with van der Waals surface area (Å²) in [5.41, 5.74) is 2.84. The van der Waals surface area contributed by atoms with Gasteiger partial charge < -0.3 is 5.32 Å². The highest BCUT2D eigenvalue weighted by atomic mass is 79.9. The van der Waals surface area contributed by atoms with Gasteiger partial charge in [-0.2, -0.15) is 0 Å². The SMILES string of the molecule is CC1(C)CC1NCc1ccc(Br)c2cccnc12. The number of rotatable bonds is 3. The molecule has 3 heteroatoms. The van der Waals surface area contributed by atoms with Crippen LogP contribution in [-0.2, 0) is 6.54 Å². The van der Waals surface area contributed by atoms with Crippen molar-refractivity contribution in [3.63, 3.8) is 0 Å². The highest BCUT2D eigenvalue weighted by Crippen LogP contribution is 2.44. The van der Waals surface area contributed by atoms with Crippen LogP contribution in [-0.4, -0.2) is 11.0 Å². The highest BCUT2D eigenvalue weighted by molar-refractivity contribution is 9.10. The third kappa shape index (κ3) is 2.17. The van der Waals surface area contributed by atoms with Gasteiger partial charge in [0.1, 0.15) is 0 Å². The summed E-state index contributed by atoms with van der Waals surface area (Å²) in [6.45, 7) is 5.51. The first-order chi connectivity index (χ1) is 8.58. The molecule has 1 N–H and O–H groups in total. The first-order valence-electron chi connectivity index (χ1n) is 6.33. The number of aromatic nitrogens is 1. The third-order valence-corrected chi connectivity index (χ3v) is 4.54. The minimum Gasteiger partial charge on any atom is -0.309 e. The molecular formula is C15H17BrN2. The van der Waals surface area contributed by atoms with Crippen LogP contribution in [0.15, 0.2) is 34.9 Å². The van der Waals surface area contributed by atoms with E-state index in [4.69, 9.17) is 0 Å². The number of pyridine rings is 1. The smallest absolute Gasteiger partial charge is 0.0758 e. The molecule has 3 rings (SSSR count). The molecule has 0 saturated heterocycles. The number of hydrogen-bond acceptors (Lipinski definition) is 2. The minimum atomic E-state index is 0.471. The molecular weight excluding hydrogens is 288 g/mol. The summed E-state index contributed by atoms with van der Waals surface area (Å²) in [5, 5.41) is 4.81. The molecule has 1 atom stereocenters. The molecule has 0 amide bonds. The van der Waals surface area contributed by atoms with E-state index in [-0.39, 0.29) is 0 Å². The van der Waals surface area contributed by atoms with E-state index in [0.29, 0.717) is 11.5 Å². The third-order valence-electron chi connectivity index (χ3n) is 3.85. The van der Waals surface area contributed by atoms with Crippen LogP contribution in [0.3, 0.4) is 0 Å². The zero-order chi connectivity index (χ0) is 12.8. The molecule has 1 saturated carbocycles. The molecule has 1 aliphatic carbocycles. The molecule has 1 aromatic heterocycles. The van der Waals surface area contributed by atoms with Crippen LogP contribution in [0, 0.1) is 5.41 Å². The molecule has 2 nitrogen and oxygen atoms in total. The van der Waals surface area contributed by atoms with E-state index < -0.39 is 0 Å². The molecule has 94 valence electrons. The van der Waals surface area contributed by atoms with Crippen LogP contribution in [0.25, 0.3) is 10.9 Å². The fraction of sp³-hybridized carbons (Fsp3) is 0.400. The topological polar surface area (TPSA) is 24.9 Å². The Morgan fingerprint density at radius 3 is 2.89 bits per heavy atom. The summed E-state index contributed by atoms with van der Waals surface area (Å²) in [7, 11) is 0. The number of hydrogen-bond donors (Lipinski definition) is 1. The molecule has 0 aliphatic heterocycles. The molecule has 1 unspecified atom stereocenters. The Bertz CT molecular complexity index is 592. The summed E-state index contributed by atoms with van der Waals surface area (Å²) < 4.78 is 1.11. The lowest BCUT2D eigenvalue weighted by molar-refractivity contribution is 0.542. The van der Waals surface area contributed by atoms with E-state index in [9.17, 15) is 0 Å². The number of nitrogens with zero attached hydrogens (tertiary/aromatic N) is 1.